The molecule has 0 atom stereocenters. The van der Waals surface area contributed by atoms with Crippen molar-refractivity contribution >= 4 is 11.7 Å². The summed E-state index contributed by atoms with van der Waals surface area (Å²) in [5.41, 5.74) is 4.68. The monoisotopic (exact) mass is 354 g/mol. The van der Waals surface area contributed by atoms with Gasteiger partial charge in [0.05, 0.1) is 6.42 Å². The van der Waals surface area contributed by atoms with Gasteiger partial charge in [0.1, 0.15) is 5.82 Å². The van der Waals surface area contributed by atoms with Crippen LogP contribution in [0.15, 0.2) is 24.3 Å². The third-order valence-electron chi connectivity index (χ3n) is 5.64. The minimum atomic E-state index is -0.254. The van der Waals surface area contributed by atoms with Crippen LogP contribution in [0.3, 0.4) is 0 Å². The zero-order chi connectivity index (χ0) is 18.3. The molecule has 0 radical (unpaired) electrons. The van der Waals surface area contributed by atoms with E-state index in [-0.39, 0.29) is 17.5 Å². The highest BCUT2D eigenvalue weighted by atomic mass is 19.1. The summed E-state index contributed by atoms with van der Waals surface area (Å²) < 4.78 is 15.3. The maximum Gasteiger partial charge on any atom is 0.227 e. The molecule has 0 unspecified atom stereocenters. The van der Waals surface area contributed by atoms with Gasteiger partial charge in [-0.15, -0.1) is 0 Å². The Morgan fingerprint density at radius 3 is 2.50 bits per heavy atom. The SMILES string of the molecule is Cc1c(CC(=O)N2CCC2)c2c(n1Cc1ccc(F)cc1)CCCC2=O. The van der Waals surface area contributed by atoms with Gasteiger partial charge in [0.2, 0.25) is 5.91 Å². The van der Waals surface area contributed by atoms with E-state index < -0.39 is 0 Å². The number of amides is 1. The Morgan fingerprint density at radius 2 is 1.85 bits per heavy atom. The van der Waals surface area contributed by atoms with E-state index in [4.69, 9.17) is 0 Å². The lowest BCUT2D eigenvalue weighted by atomic mass is 9.91. The summed E-state index contributed by atoms with van der Waals surface area (Å²) in [5.74, 6) is 0.00842. The molecule has 1 aromatic carbocycles. The van der Waals surface area contributed by atoms with Gasteiger partial charge in [0.15, 0.2) is 5.78 Å². The van der Waals surface area contributed by atoms with Crippen LogP contribution >= 0.6 is 0 Å². The Kier molecular flexibility index (Phi) is 4.39. The summed E-state index contributed by atoms with van der Waals surface area (Å²) >= 11 is 0. The Labute approximate surface area is 152 Å². The molecule has 4 nitrogen and oxygen atoms in total. The molecule has 5 heteroatoms. The van der Waals surface area contributed by atoms with Crippen molar-refractivity contribution in [3.63, 3.8) is 0 Å². The number of carbonyl (C=O) groups excluding carboxylic acids is 2. The Balaban J connectivity index is 1.71. The van der Waals surface area contributed by atoms with Crippen LogP contribution in [0.1, 0.15) is 52.1 Å². The molecule has 1 aliphatic heterocycles. The average molecular weight is 354 g/mol. The second-order valence-electron chi connectivity index (χ2n) is 7.29. The zero-order valence-corrected chi connectivity index (χ0v) is 15.1. The number of hydrogen-bond acceptors (Lipinski definition) is 2. The molecule has 2 aliphatic rings. The van der Waals surface area contributed by atoms with Gasteiger partial charge in [-0.1, -0.05) is 12.1 Å². The summed E-state index contributed by atoms with van der Waals surface area (Å²) in [6.45, 7) is 4.24. The highest BCUT2D eigenvalue weighted by Crippen LogP contribution is 2.31. The number of Topliss-reactive ketones (excluding diaryl/α,β-unsaturated/α-hetero) is 1. The first-order valence-corrected chi connectivity index (χ1v) is 9.31. The first kappa shape index (κ1) is 17.0. The lowest BCUT2D eigenvalue weighted by Crippen LogP contribution is -2.43. The number of fused-ring (bicyclic) bond motifs is 1. The van der Waals surface area contributed by atoms with Gasteiger partial charge in [-0.3, -0.25) is 9.59 Å². The lowest BCUT2D eigenvalue weighted by molar-refractivity contribution is -0.133. The molecule has 0 spiro atoms. The highest BCUT2D eigenvalue weighted by Gasteiger charge is 2.30. The molecular weight excluding hydrogens is 331 g/mol. The van der Waals surface area contributed by atoms with E-state index in [0.717, 1.165) is 60.4 Å². The fourth-order valence-corrected chi connectivity index (χ4v) is 4.02. The largest absolute Gasteiger partial charge is 0.343 e. The van der Waals surface area contributed by atoms with Gasteiger partial charge in [0.25, 0.3) is 0 Å². The van der Waals surface area contributed by atoms with Crippen molar-refractivity contribution in [3.8, 4) is 0 Å². The first-order chi connectivity index (χ1) is 12.5. The van der Waals surface area contributed by atoms with Gasteiger partial charge in [-0.05, 0) is 49.4 Å². The van der Waals surface area contributed by atoms with Crippen molar-refractivity contribution in [3.05, 3.63) is 58.2 Å². The van der Waals surface area contributed by atoms with E-state index in [0.29, 0.717) is 19.4 Å². The van der Waals surface area contributed by atoms with Crippen molar-refractivity contribution in [1.82, 2.24) is 9.47 Å². The number of rotatable bonds is 4. The summed E-state index contributed by atoms with van der Waals surface area (Å²) in [7, 11) is 0. The molecule has 26 heavy (non-hydrogen) atoms. The van der Waals surface area contributed by atoms with Crippen molar-refractivity contribution in [2.75, 3.05) is 13.1 Å². The minimum absolute atomic E-state index is 0.111. The van der Waals surface area contributed by atoms with Crippen molar-refractivity contribution in [2.24, 2.45) is 0 Å². The van der Waals surface area contributed by atoms with Crippen LogP contribution in [-0.2, 0) is 24.2 Å². The van der Waals surface area contributed by atoms with Gasteiger partial charge in [-0.25, -0.2) is 4.39 Å². The van der Waals surface area contributed by atoms with E-state index in [1.165, 1.54) is 12.1 Å². The fraction of sp³-hybridized carbons (Fsp3) is 0.429. The molecule has 0 bridgehead atoms. The van der Waals surface area contributed by atoms with Crippen LogP contribution in [0.4, 0.5) is 4.39 Å². The third-order valence-corrected chi connectivity index (χ3v) is 5.64. The van der Waals surface area contributed by atoms with E-state index in [9.17, 15) is 14.0 Å². The van der Waals surface area contributed by atoms with Gasteiger partial charge in [-0.2, -0.15) is 0 Å². The van der Waals surface area contributed by atoms with Crippen LogP contribution in [0.5, 0.6) is 0 Å². The molecule has 1 saturated heterocycles. The van der Waals surface area contributed by atoms with Crippen molar-refractivity contribution < 1.29 is 14.0 Å². The van der Waals surface area contributed by atoms with E-state index >= 15 is 0 Å². The minimum Gasteiger partial charge on any atom is -0.343 e. The van der Waals surface area contributed by atoms with Crippen LogP contribution in [-0.4, -0.2) is 34.2 Å². The van der Waals surface area contributed by atoms with Crippen LogP contribution in [0.2, 0.25) is 0 Å². The fourth-order valence-electron chi connectivity index (χ4n) is 4.02. The van der Waals surface area contributed by atoms with Gasteiger partial charge < -0.3 is 9.47 Å². The Morgan fingerprint density at radius 1 is 1.12 bits per heavy atom. The molecule has 2 heterocycles. The third kappa shape index (κ3) is 2.96. The Bertz CT molecular complexity index is 863. The number of nitrogens with zero attached hydrogens (tertiary/aromatic N) is 2. The topological polar surface area (TPSA) is 42.3 Å². The maximum atomic E-state index is 13.2. The first-order valence-electron chi connectivity index (χ1n) is 9.31. The second-order valence-corrected chi connectivity index (χ2v) is 7.29. The standard InChI is InChI=1S/C21H23FN2O2/c1-14-17(12-20(26)23-10-3-11-23)21-18(4-2-5-19(21)25)24(14)13-15-6-8-16(22)9-7-15/h6-9H,2-5,10-13H2,1H3. The van der Waals surface area contributed by atoms with E-state index in [2.05, 4.69) is 4.57 Å². The summed E-state index contributed by atoms with van der Waals surface area (Å²) in [6, 6.07) is 6.47. The molecule has 1 amide bonds. The predicted molar refractivity (Wildman–Crippen MR) is 96.8 cm³/mol. The number of halogens is 1. The molecular formula is C21H23FN2O2. The van der Waals surface area contributed by atoms with Crippen LogP contribution in [0.25, 0.3) is 0 Å². The number of aromatic nitrogens is 1. The van der Waals surface area contributed by atoms with E-state index in [1.807, 2.05) is 11.8 Å². The molecule has 136 valence electrons. The number of hydrogen-bond donors (Lipinski definition) is 0. The summed E-state index contributed by atoms with van der Waals surface area (Å²) in [4.78, 5) is 27.0. The van der Waals surface area contributed by atoms with Gasteiger partial charge >= 0.3 is 0 Å². The quantitative estimate of drug-likeness (QED) is 0.846. The summed E-state index contributed by atoms with van der Waals surface area (Å²) in [5, 5.41) is 0. The molecule has 0 N–H and O–H groups in total. The maximum absolute atomic E-state index is 13.2. The van der Waals surface area contributed by atoms with Gasteiger partial charge in [0, 0.05) is 43.0 Å². The van der Waals surface area contributed by atoms with E-state index in [1.54, 1.807) is 12.1 Å². The molecule has 1 fully saturated rings. The van der Waals surface area contributed by atoms with Crippen LogP contribution < -0.4 is 0 Å². The molecule has 4 rings (SSSR count). The lowest BCUT2D eigenvalue weighted by Gasteiger charge is -2.31. The number of likely N-dealkylation sites (tertiary alicyclic amines) is 1. The summed E-state index contributed by atoms with van der Waals surface area (Å²) in [6.07, 6.45) is 3.61. The number of carbonyl (C=O) groups is 2. The molecule has 2 aromatic rings. The number of ketones is 1. The average Bonchev–Trinajstić information content (AvgIpc) is 2.82. The highest BCUT2D eigenvalue weighted by molar-refractivity contribution is 6.01. The molecule has 1 aromatic heterocycles. The van der Waals surface area contributed by atoms with Crippen LogP contribution in [0, 0.1) is 12.7 Å². The molecule has 1 aliphatic carbocycles. The van der Waals surface area contributed by atoms with Crippen molar-refractivity contribution in [2.45, 2.75) is 45.6 Å². The molecule has 0 saturated carbocycles. The zero-order valence-electron chi connectivity index (χ0n) is 15.1. The normalized spacial score (nSPS) is 16.4. The smallest absolute Gasteiger partial charge is 0.227 e. The number of benzene rings is 1. The Hall–Kier alpha value is -2.43. The second kappa shape index (κ2) is 6.71. The van der Waals surface area contributed by atoms with Crippen molar-refractivity contribution in [1.29, 1.82) is 0 Å². The predicted octanol–water partition coefficient (Wildman–Crippen LogP) is 3.28.